The van der Waals surface area contributed by atoms with Crippen LogP contribution < -0.4 is 14.9 Å². The van der Waals surface area contributed by atoms with Crippen molar-refractivity contribution in [3.8, 4) is 28.2 Å². The number of aromatic nitrogens is 2. The van der Waals surface area contributed by atoms with Gasteiger partial charge in [-0.1, -0.05) is 124 Å². The molecule has 0 amide bonds. The topological polar surface area (TPSA) is 39.3 Å². The Morgan fingerprint density at radius 3 is 2.20 bits per heavy atom. The molecule has 9 rings (SSSR count). The van der Waals surface area contributed by atoms with E-state index in [1.54, 1.807) is 12.1 Å². The minimum Gasteiger partial charge on any atom is -0.309 e. The Balaban J connectivity index is 1.32. The number of nitrogens with zero attached hydrogens (tertiary/aromatic N) is 3. The van der Waals surface area contributed by atoms with Crippen LogP contribution in [0.5, 0.6) is 0 Å². The third kappa shape index (κ3) is 5.25. The molecular formula is C43H29BrFN3OS. The highest BCUT2D eigenvalue weighted by molar-refractivity contribution is 9.10. The Bertz CT molecular complexity index is 2620. The van der Waals surface area contributed by atoms with Crippen LogP contribution in [0.2, 0.25) is 0 Å². The van der Waals surface area contributed by atoms with Crippen molar-refractivity contribution >= 4 is 39.0 Å². The van der Waals surface area contributed by atoms with E-state index in [4.69, 9.17) is 4.99 Å². The summed E-state index contributed by atoms with van der Waals surface area (Å²) in [6.07, 6.45) is 3.65. The van der Waals surface area contributed by atoms with E-state index >= 15 is 0 Å². The predicted octanol–water partition coefficient (Wildman–Crippen LogP) is 9.34. The molecule has 3 heterocycles. The molecular weight excluding hydrogens is 705 g/mol. The highest BCUT2D eigenvalue weighted by Crippen LogP contribution is 2.41. The third-order valence-electron chi connectivity index (χ3n) is 9.58. The molecule has 0 spiro atoms. The molecule has 7 aromatic rings. The first-order chi connectivity index (χ1) is 24.5. The average molecular weight is 735 g/mol. The molecule has 0 unspecified atom stereocenters. The van der Waals surface area contributed by atoms with Gasteiger partial charge in [0.05, 0.1) is 27.7 Å². The van der Waals surface area contributed by atoms with Crippen LogP contribution in [0.3, 0.4) is 0 Å². The van der Waals surface area contributed by atoms with Crippen molar-refractivity contribution < 1.29 is 4.39 Å². The van der Waals surface area contributed by atoms with Crippen LogP contribution in [-0.2, 0) is 6.42 Å². The van der Waals surface area contributed by atoms with E-state index in [-0.39, 0.29) is 17.4 Å². The van der Waals surface area contributed by atoms with Gasteiger partial charge in [0.1, 0.15) is 5.82 Å². The second kappa shape index (κ2) is 12.5. The van der Waals surface area contributed by atoms with Crippen molar-refractivity contribution in [3.63, 3.8) is 0 Å². The van der Waals surface area contributed by atoms with Gasteiger partial charge in [-0.2, -0.15) is 0 Å². The van der Waals surface area contributed by atoms with Gasteiger partial charge in [0.2, 0.25) is 0 Å². The van der Waals surface area contributed by atoms with Gasteiger partial charge in [-0.05, 0) is 89.2 Å². The molecule has 0 bridgehead atoms. The number of rotatable bonds is 5. The monoisotopic (exact) mass is 733 g/mol. The second-order valence-corrected chi connectivity index (χ2v) is 14.5. The van der Waals surface area contributed by atoms with Gasteiger partial charge in [0, 0.05) is 21.3 Å². The molecule has 1 aliphatic heterocycles. The van der Waals surface area contributed by atoms with Gasteiger partial charge in [-0.3, -0.25) is 9.36 Å². The molecule has 50 heavy (non-hydrogen) atoms. The van der Waals surface area contributed by atoms with E-state index in [0.29, 0.717) is 9.33 Å². The maximum absolute atomic E-state index is 14.7. The lowest BCUT2D eigenvalue weighted by Crippen LogP contribution is -2.38. The Kier molecular flexibility index (Phi) is 7.67. The summed E-state index contributed by atoms with van der Waals surface area (Å²) in [7, 11) is 0. The van der Waals surface area contributed by atoms with E-state index in [1.807, 2.05) is 65.2 Å². The molecule has 7 heteroatoms. The third-order valence-corrected chi connectivity index (χ3v) is 11.1. The lowest BCUT2D eigenvalue weighted by molar-refractivity contribution is 0.581. The lowest BCUT2D eigenvalue weighted by atomic mass is 9.83. The number of thiazole rings is 1. The van der Waals surface area contributed by atoms with Crippen molar-refractivity contribution in [1.29, 1.82) is 0 Å². The van der Waals surface area contributed by atoms with E-state index in [1.165, 1.54) is 29.0 Å². The van der Waals surface area contributed by atoms with Gasteiger partial charge < -0.3 is 4.57 Å². The van der Waals surface area contributed by atoms with Gasteiger partial charge >= 0.3 is 0 Å². The molecule has 5 aromatic carbocycles. The largest absolute Gasteiger partial charge is 0.309 e. The van der Waals surface area contributed by atoms with E-state index < -0.39 is 0 Å². The van der Waals surface area contributed by atoms with E-state index in [9.17, 15) is 9.18 Å². The summed E-state index contributed by atoms with van der Waals surface area (Å²) in [6, 6.07) is 45.7. The summed E-state index contributed by atoms with van der Waals surface area (Å²) in [5, 5.41) is 0. The van der Waals surface area contributed by atoms with Crippen molar-refractivity contribution in [2.24, 2.45) is 4.99 Å². The van der Waals surface area contributed by atoms with Crippen LogP contribution in [0.4, 0.5) is 4.39 Å². The van der Waals surface area contributed by atoms with Gasteiger partial charge in [-0.15, -0.1) is 0 Å². The van der Waals surface area contributed by atoms with Gasteiger partial charge in [-0.25, -0.2) is 9.38 Å². The zero-order valence-corrected chi connectivity index (χ0v) is 29.2. The SMILES string of the molecule is O=c1/c(=C\c2cc(-c3ccccc3)n(-c3ccc(Br)cc3)c2-c2ccccc2)sc2n1[C@H](c1ccc(F)cc1)C1=C(N=2)c2ccccc2CC1. The fourth-order valence-electron chi connectivity index (χ4n) is 7.32. The minimum atomic E-state index is -0.377. The van der Waals surface area contributed by atoms with E-state index in [0.717, 1.165) is 73.5 Å². The molecule has 0 saturated heterocycles. The smallest absolute Gasteiger partial charge is 0.271 e. The van der Waals surface area contributed by atoms with E-state index in [2.05, 4.69) is 81.2 Å². The Hall–Kier alpha value is -5.37. The van der Waals surface area contributed by atoms with Crippen LogP contribution in [0, 0.1) is 5.82 Å². The first-order valence-electron chi connectivity index (χ1n) is 16.5. The standard InChI is InChI=1S/C43H29BrFN3OS/c44-32-18-22-34(23-19-32)47-37(28-10-3-1-4-11-28)25-31(40(47)29-12-5-2-6-13-29)26-38-42(49)48-41(30-15-20-33(45)21-16-30)36-24-17-27-9-7-8-14-35(27)39(36)46-43(48)50-38/h1-16,18-23,25-26,41H,17,24H2/b38-26+/t41-/m1/s1. The number of aryl methyl sites for hydroxylation is 1. The maximum Gasteiger partial charge on any atom is 0.271 e. The summed E-state index contributed by atoms with van der Waals surface area (Å²) >= 11 is 5.01. The summed E-state index contributed by atoms with van der Waals surface area (Å²) < 4.78 is 19.9. The van der Waals surface area contributed by atoms with Crippen molar-refractivity contribution in [1.82, 2.24) is 9.13 Å². The summed E-state index contributed by atoms with van der Waals surface area (Å²) in [5.74, 6) is -0.303. The summed E-state index contributed by atoms with van der Waals surface area (Å²) in [5.41, 5.74) is 11.2. The molecule has 2 aliphatic rings. The van der Waals surface area contributed by atoms with Crippen LogP contribution in [-0.4, -0.2) is 9.13 Å². The zero-order chi connectivity index (χ0) is 33.8. The first-order valence-corrected chi connectivity index (χ1v) is 18.2. The van der Waals surface area contributed by atoms with Crippen molar-refractivity contribution in [2.75, 3.05) is 0 Å². The Morgan fingerprint density at radius 1 is 0.780 bits per heavy atom. The lowest BCUT2D eigenvalue weighted by Gasteiger charge is -2.30. The Morgan fingerprint density at radius 2 is 1.46 bits per heavy atom. The van der Waals surface area contributed by atoms with Crippen molar-refractivity contribution in [3.05, 3.63) is 197 Å². The van der Waals surface area contributed by atoms with Crippen LogP contribution >= 0.6 is 27.3 Å². The molecule has 4 nitrogen and oxygen atoms in total. The second-order valence-electron chi connectivity index (χ2n) is 12.5. The van der Waals surface area contributed by atoms with Gasteiger partial charge in [0.25, 0.3) is 5.56 Å². The van der Waals surface area contributed by atoms with Crippen LogP contribution in [0.1, 0.15) is 34.7 Å². The molecule has 0 fully saturated rings. The Labute approximate surface area is 300 Å². The number of allylic oxidation sites excluding steroid dienone is 1. The highest BCUT2D eigenvalue weighted by Gasteiger charge is 2.32. The van der Waals surface area contributed by atoms with Crippen LogP contribution in [0.25, 0.3) is 40.0 Å². The number of benzene rings is 5. The quantitative estimate of drug-likeness (QED) is 0.174. The summed E-state index contributed by atoms with van der Waals surface area (Å²) in [6.45, 7) is 0. The molecule has 1 aliphatic carbocycles. The molecule has 242 valence electrons. The number of hydrogen-bond donors (Lipinski definition) is 0. The molecule has 0 N–H and O–H groups in total. The maximum atomic E-state index is 14.7. The fraction of sp³-hybridized carbons (Fsp3) is 0.0698. The highest BCUT2D eigenvalue weighted by atomic mass is 79.9. The number of fused-ring (bicyclic) bond motifs is 3. The molecule has 2 aromatic heterocycles. The zero-order valence-electron chi connectivity index (χ0n) is 26.8. The molecule has 1 atom stereocenters. The number of halogens is 2. The number of hydrogen-bond acceptors (Lipinski definition) is 3. The first kappa shape index (κ1) is 30.7. The average Bonchev–Trinajstić information content (AvgIpc) is 3.69. The van der Waals surface area contributed by atoms with Crippen molar-refractivity contribution in [2.45, 2.75) is 18.9 Å². The fourth-order valence-corrected chi connectivity index (χ4v) is 8.58. The van der Waals surface area contributed by atoms with Gasteiger partial charge in [0.15, 0.2) is 4.80 Å². The minimum absolute atomic E-state index is 0.106. The predicted molar refractivity (Wildman–Crippen MR) is 203 cm³/mol. The molecule has 0 saturated carbocycles. The normalized spacial score (nSPS) is 15.3. The molecule has 0 radical (unpaired) electrons. The summed E-state index contributed by atoms with van der Waals surface area (Å²) in [4.78, 5) is 20.5. The van der Waals surface area contributed by atoms with Crippen LogP contribution in [0.15, 0.2) is 159 Å².